The first-order valence-corrected chi connectivity index (χ1v) is 10.5. The van der Waals surface area contributed by atoms with Crippen LogP contribution in [0.1, 0.15) is 28.5 Å². The van der Waals surface area contributed by atoms with E-state index in [-0.39, 0.29) is 17.9 Å². The Balaban J connectivity index is 1.31. The Kier molecular flexibility index (Phi) is 5.64. The molecule has 0 aliphatic carbocycles. The molecule has 8 heteroatoms. The lowest BCUT2D eigenvalue weighted by Crippen LogP contribution is -2.52. The predicted molar refractivity (Wildman–Crippen MR) is 112 cm³/mol. The highest BCUT2D eigenvalue weighted by atomic mass is 32.1. The van der Waals surface area contributed by atoms with Crippen LogP contribution in [0.4, 0.5) is 0 Å². The van der Waals surface area contributed by atoms with E-state index in [0.29, 0.717) is 38.5 Å². The number of likely N-dealkylation sites (N-methyl/N-ethyl adjacent to an activating group) is 1. The van der Waals surface area contributed by atoms with Gasteiger partial charge >= 0.3 is 0 Å². The Morgan fingerprint density at radius 1 is 1.14 bits per heavy atom. The Morgan fingerprint density at radius 2 is 1.86 bits per heavy atom. The van der Waals surface area contributed by atoms with E-state index in [2.05, 4.69) is 13.0 Å². The summed E-state index contributed by atoms with van der Waals surface area (Å²) in [5.41, 5.74) is 0.997. The predicted octanol–water partition coefficient (Wildman–Crippen LogP) is 2.87. The molecule has 29 heavy (non-hydrogen) atoms. The minimum absolute atomic E-state index is 0.0539. The van der Waals surface area contributed by atoms with Gasteiger partial charge in [0, 0.05) is 26.2 Å². The maximum absolute atomic E-state index is 12.8. The summed E-state index contributed by atoms with van der Waals surface area (Å²) in [5, 5.41) is 1.01. The molecule has 2 aromatic heterocycles. The van der Waals surface area contributed by atoms with Crippen molar-refractivity contribution >= 4 is 33.4 Å². The van der Waals surface area contributed by atoms with Crippen molar-refractivity contribution in [2.24, 2.45) is 0 Å². The number of carbonyl (C=O) groups is 2. The van der Waals surface area contributed by atoms with Crippen LogP contribution < -0.4 is 0 Å². The van der Waals surface area contributed by atoms with Crippen LogP contribution in [0.2, 0.25) is 0 Å². The number of amides is 2. The van der Waals surface area contributed by atoms with Gasteiger partial charge in [-0.1, -0.05) is 12.1 Å². The van der Waals surface area contributed by atoms with E-state index in [4.69, 9.17) is 9.40 Å². The number of rotatable bonds is 5. The minimum Gasteiger partial charge on any atom is -0.459 e. The average Bonchev–Trinajstić information content (AvgIpc) is 3.42. The van der Waals surface area contributed by atoms with E-state index < -0.39 is 0 Å². The number of piperazine rings is 1. The highest BCUT2D eigenvalue weighted by Gasteiger charge is 2.27. The highest BCUT2D eigenvalue weighted by Crippen LogP contribution is 2.28. The van der Waals surface area contributed by atoms with Crippen molar-refractivity contribution < 1.29 is 14.0 Å². The minimum atomic E-state index is -0.122. The van der Waals surface area contributed by atoms with Gasteiger partial charge < -0.3 is 14.2 Å². The van der Waals surface area contributed by atoms with Crippen molar-refractivity contribution in [3.05, 3.63) is 53.4 Å². The third-order valence-electron chi connectivity index (χ3n) is 5.37. The van der Waals surface area contributed by atoms with Crippen molar-refractivity contribution in [2.75, 3.05) is 39.8 Å². The Bertz CT molecular complexity index is 959. The SMILES string of the molecule is C[C@H](c1nc2ccccc2s1)N(C)CC(=O)N1CCN(C(=O)c2ccco2)CC1. The summed E-state index contributed by atoms with van der Waals surface area (Å²) in [4.78, 5) is 35.4. The molecular formula is C21H24N4O3S. The van der Waals surface area contributed by atoms with Crippen LogP contribution in [0.25, 0.3) is 10.2 Å². The molecule has 1 saturated heterocycles. The number of carbonyl (C=O) groups excluding carboxylic acids is 2. The summed E-state index contributed by atoms with van der Waals surface area (Å²) < 4.78 is 6.34. The largest absolute Gasteiger partial charge is 0.459 e. The normalized spacial score (nSPS) is 15.8. The van der Waals surface area contributed by atoms with Crippen molar-refractivity contribution in [1.82, 2.24) is 19.7 Å². The van der Waals surface area contributed by atoms with Gasteiger partial charge in [0.1, 0.15) is 5.01 Å². The molecule has 3 aromatic rings. The molecule has 4 rings (SSSR count). The van der Waals surface area contributed by atoms with Crippen molar-refractivity contribution in [3.63, 3.8) is 0 Å². The van der Waals surface area contributed by atoms with Gasteiger partial charge in [-0.15, -0.1) is 11.3 Å². The van der Waals surface area contributed by atoms with E-state index >= 15 is 0 Å². The van der Waals surface area contributed by atoms with E-state index in [1.165, 1.54) is 6.26 Å². The summed E-state index contributed by atoms with van der Waals surface area (Å²) in [6.45, 7) is 4.50. The van der Waals surface area contributed by atoms with E-state index in [1.54, 1.807) is 28.4 Å². The van der Waals surface area contributed by atoms with Crippen LogP contribution in [-0.4, -0.2) is 71.3 Å². The first-order chi connectivity index (χ1) is 14.0. The second-order valence-electron chi connectivity index (χ2n) is 7.26. The fraction of sp³-hybridized carbons (Fsp3) is 0.381. The third kappa shape index (κ3) is 4.18. The summed E-state index contributed by atoms with van der Waals surface area (Å²) in [5.74, 6) is 0.295. The van der Waals surface area contributed by atoms with Crippen LogP contribution in [0.3, 0.4) is 0 Å². The zero-order chi connectivity index (χ0) is 20.4. The van der Waals surface area contributed by atoms with Crippen LogP contribution in [-0.2, 0) is 4.79 Å². The number of hydrogen-bond donors (Lipinski definition) is 0. The molecule has 7 nitrogen and oxygen atoms in total. The molecule has 3 heterocycles. The average molecular weight is 413 g/mol. The number of fused-ring (bicyclic) bond motifs is 1. The molecule has 1 aromatic carbocycles. The highest BCUT2D eigenvalue weighted by molar-refractivity contribution is 7.18. The maximum atomic E-state index is 12.8. The molecule has 0 unspecified atom stereocenters. The van der Waals surface area contributed by atoms with Gasteiger partial charge in [-0.2, -0.15) is 0 Å². The smallest absolute Gasteiger partial charge is 0.289 e. The third-order valence-corrected chi connectivity index (χ3v) is 6.57. The van der Waals surface area contributed by atoms with Crippen molar-refractivity contribution in [2.45, 2.75) is 13.0 Å². The zero-order valence-electron chi connectivity index (χ0n) is 16.6. The molecule has 0 radical (unpaired) electrons. The summed E-state index contributed by atoms with van der Waals surface area (Å²) >= 11 is 1.67. The van der Waals surface area contributed by atoms with Crippen LogP contribution in [0, 0.1) is 0 Å². The van der Waals surface area contributed by atoms with Gasteiger partial charge in [0.15, 0.2) is 5.76 Å². The van der Waals surface area contributed by atoms with Gasteiger partial charge in [-0.3, -0.25) is 14.5 Å². The molecule has 0 spiro atoms. The van der Waals surface area contributed by atoms with Crippen molar-refractivity contribution in [3.8, 4) is 0 Å². The number of hydrogen-bond acceptors (Lipinski definition) is 6. The standard InChI is InChI=1S/C21H24N4O3S/c1-15(20-22-16-6-3-4-8-18(16)29-20)23(2)14-19(26)24-9-11-25(12-10-24)21(27)17-7-5-13-28-17/h3-8,13,15H,9-12,14H2,1-2H3/t15-/m1/s1. The Hall–Kier alpha value is -2.71. The summed E-state index contributed by atoms with van der Waals surface area (Å²) in [7, 11) is 1.95. The molecule has 0 saturated carbocycles. The first kappa shape index (κ1) is 19.6. The second-order valence-corrected chi connectivity index (χ2v) is 8.32. The van der Waals surface area contributed by atoms with Gasteiger partial charge in [-0.25, -0.2) is 4.98 Å². The monoisotopic (exact) mass is 412 g/mol. The quantitative estimate of drug-likeness (QED) is 0.645. The lowest BCUT2D eigenvalue weighted by Gasteiger charge is -2.35. The van der Waals surface area contributed by atoms with E-state index in [9.17, 15) is 9.59 Å². The fourth-order valence-corrected chi connectivity index (χ4v) is 4.51. The molecule has 0 N–H and O–H groups in total. The molecule has 152 valence electrons. The molecule has 1 fully saturated rings. The molecule has 1 aliphatic rings. The number of furan rings is 1. The van der Waals surface area contributed by atoms with E-state index in [1.807, 2.05) is 35.0 Å². The topological polar surface area (TPSA) is 69.9 Å². The fourth-order valence-electron chi connectivity index (χ4n) is 3.42. The second kappa shape index (κ2) is 8.34. The van der Waals surface area contributed by atoms with Crippen LogP contribution >= 0.6 is 11.3 Å². The number of thiazole rings is 1. The number of aromatic nitrogens is 1. The Morgan fingerprint density at radius 3 is 2.55 bits per heavy atom. The lowest BCUT2D eigenvalue weighted by molar-refractivity contribution is -0.134. The number of benzene rings is 1. The van der Waals surface area contributed by atoms with Crippen molar-refractivity contribution in [1.29, 1.82) is 0 Å². The molecular weight excluding hydrogens is 388 g/mol. The molecule has 1 atom stereocenters. The van der Waals surface area contributed by atoms with Crippen LogP contribution in [0.15, 0.2) is 47.1 Å². The molecule has 2 amide bonds. The van der Waals surface area contributed by atoms with E-state index in [0.717, 1.165) is 15.2 Å². The van der Waals surface area contributed by atoms with Gasteiger partial charge in [0.2, 0.25) is 5.91 Å². The number of nitrogens with zero attached hydrogens (tertiary/aromatic N) is 4. The van der Waals surface area contributed by atoms with Gasteiger partial charge in [0.05, 0.1) is 29.1 Å². The first-order valence-electron chi connectivity index (χ1n) is 9.69. The maximum Gasteiger partial charge on any atom is 0.289 e. The van der Waals surface area contributed by atoms with Crippen LogP contribution in [0.5, 0.6) is 0 Å². The number of para-hydroxylation sites is 1. The molecule has 1 aliphatic heterocycles. The summed E-state index contributed by atoms with van der Waals surface area (Å²) in [6, 6.07) is 11.5. The zero-order valence-corrected chi connectivity index (χ0v) is 17.4. The summed E-state index contributed by atoms with van der Waals surface area (Å²) in [6.07, 6.45) is 1.50. The van der Waals surface area contributed by atoms with Gasteiger partial charge in [-0.05, 0) is 38.2 Å². The lowest BCUT2D eigenvalue weighted by atomic mass is 10.2. The van der Waals surface area contributed by atoms with Gasteiger partial charge in [0.25, 0.3) is 5.91 Å². The Labute approximate surface area is 173 Å². The molecule has 0 bridgehead atoms.